The van der Waals surface area contributed by atoms with Gasteiger partial charge < -0.3 is 4.57 Å². The summed E-state index contributed by atoms with van der Waals surface area (Å²) in [4.78, 5) is 11.7. The number of hydrogen-bond donors (Lipinski definition) is 0. The van der Waals surface area contributed by atoms with Crippen LogP contribution in [-0.2, 0) is 6.54 Å². The number of hydrogen-bond acceptors (Lipinski definition) is 3. The Balaban J connectivity index is 1.82. The number of nitrogens with zero attached hydrogens (tertiary/aromatic N) is 4. The lowest BCUT2D eigenvalue weighted by atomic mass is 10.2. The lowest BCUT2D eigenvalue weighted by Crippen LogP contribution is -2.21. The van der Waals surface area contributed by atoms with Crippen molar-refractivity contribution in [1.82, 2.24) is 19.4 Å². The summed E-state index contributed by atoms with van der Waals surface area (Å²) >= 11 is 0. The van der Waals surface area contributed by atoms with Gasteiger partial charge in [-0.15, -0.1) is 0 Å². The topological polar surface area (TPSA) is 34.0 Å². The normalized spacial score (nSPS) is 18.8. The zero-order chi connectivity index (χ0) is 15.8. The molecule has 1 unspecified atom stereocenters. The van der Waals surface area contributed by atoms with E-state index in [-0.39, 0.29) is 5.82 Å². The molecule has 5 heteroatoms. The van der Waals surface area contributed by atoms with Crippen LogP contribution in [0.1, 0.15) is 30.3 Å². The lowest BCUT2D eigenvalue weighted by molar-refractivity contribution is 0.300. The molecule has 4 rings (SSSR count). The molecule has 1 saturated heterocycles. The first-order valence-electron chi connectivity index (χ1n) is 7.98. The number of likely N-dealkylation sites (tertiary alicyclic amines) is 1. The largest absolute Gasteiger partial charge is 0.307 e. The third-order valence-electron chi connectivity index (χ3n) is 4.58. The van der Waals surface area contributed by atoms with Crippen LogP contribution in [0.4, 0.5) is 4.39 Å². The average Bonchev–Trinajstić information content (AvgIpc) is 3.11. The van der Waals surface area contributed by atoms with Crippen LogP contribution in [0.15, 0.2) is 42.6 Å². The number of aromatic nitrogens is 3. The van der Waals surface area contributed by atoms with Gasteiger partial charge in [-0.3, -0.25) is 4.90 Å². The van der Waals surface area contributed by atoms with Crippen molar-refractivity contribution in [2.75, 3.05) is 13.6 Å². The fourth-order valence-corrected chi connectivity index (χ4v) is 3.44. The maximum atomic E-state index is 13.5. The van der Waals surface area contributed by atoms with E-state index in [1.807, 2.05) is 18.2 Å². The molecule has 0 radical (unpaired) electrons. The molecule has 1 fully saturated rings. The summed E-state index contributed by atoms with van der Waals surface area (Å²) in [5.41, 5.74) is 2.70. The maximum Gasteiger partial charge on any atom is 0.160 e. The minimum absolute atomic E-state index is 0.209. The van der Waals surface area contributed by atoms with E-state index in [1.165, 1.54) is 12.5 Å². The number of pyridine rings is 1. The Bertz CT molecular complexity index is 842. The molecule has 1 aliphatic rings. The molecular weight excluding hydrogens is 291 g/mol. The van der Waals surface area contributed by atoms with Crippen molar-refractivity contribution in [3.05, 3.63) is 59.8 Å². The molecule has 0 N–H and O–H groups in total. The Morgan fingerprint density at radius 3 is 2.96 bits per heavy atom. The van der Waals surface area contributed by atoms with Crippen LogP contribution in [0.3, 0.4) is 0 Å². The third-order valence-corrected chi connectivity index (χ3v) is 4.58. The molecule has 0 spiro atoms. The highest BCUT2D eigenvalue weighted by atomic mass is 19.1. The second-order valence-corrected chi connectivity index (χ2v) is 6.17. The van der Waals surface area contributed by atoms with Crippen molar-refractivity contribution in [2.45, 2.75) is 25.4 Å². The standard InChI is InChI=1S/C18H19FN4/c1-22-10-4-8-16(22)18-21-15-7-3-9-20-17(15)23(18)12-13-5-2-6-14(19)11-13/h2-3,5-7,9,11,16H,4,8,10,12H2,1H3. The summed E-state index contributed by atoms with van der Waals surface area (Å²) < 4.78 is 15.7. The van der Waals surface area contributed by atoms with Gasteiger partial charge >= 0.3 is 0 Å². The van der Waals surface area contributed by atoms with Crippen molar-refractivity contribution in [1.29, 1.82) is 0 Å². The first-order chi connectivity index (χ1) is 11.2. The van der Waals surface area contributed by atoms with E-state index in [9.17, 15) is 4.39 Å². The monoisotopic (exact) mass is 310 g/mol. The molecule has 23 heavy (non-hydrogen) atoms. The summed E-state index contributed by atoms with van der Waals surface area (Å²) in [6, 6.07) is 10.9. The maximum absolute atomic E-state index is 13.5. The van der Waals surface area contributed by atoms with Gasteiger partial charge in [-0.1, -0.05) is 12.1 Å². The predicted molar refractivity (Wildman–Crippen MR) is 87.6 cm³/mol. The third kappa shape index (κ3) is 2.61. The molecule has 4 nitrogen and oxygen atoms in total. The van der Waals surface area contributed by atoms with E-state index in [0.29, 0.717) is 12.6 Å². The van der Waals surface area contributed by atoms with Gasteiger partial charge in [-0.2, -0.15) is 0 Å². The molecule has 0 amide bonds. The highest BCUT2D eigenvalue weighted by Gasteiger charge is 2.28. The van der Waals surface area contributed by atoms with Crippen LogP contribution in [0, 0.1) is 5.82 Å². The van der Waals surface area contributed by atoms with Gasteiger partial charge in [-0.05, 0) is 56.3 Å². The second kappa shape index (κ2) is 5.74. The van der Waals surface area contributed by atoms with Crippen molar-refractivity contribution in [3.63, 3.8) is 0 Å². The van der Waals surface area contributed by atoms with Gasteiger partial charge in [0, 0.05) is 6.20 Å². The minimum Gasteiger partial charge on any atom is -0.307 e. The van der Waals surface area contributed by atoms with Crippen molar-refractivity contribution < 1.29 is 4.39 Å². The second-order valence-electron chi connectivity index (χ2n) is 6.17. The summed E-state index contributed by atoms with van der Waals surface area (Å²) in [6.45, 7) is 1.67. The molecular formula is C18H19FN4. The van der Waals surface area contributed by atoms with Gasteiger partial charge in [0.1, 0.15) is 17.2 Å². The molecule has 0 saturated carbocycles. The van der Waals surface area contributed by atoms with Crippen LogP contribution in [0.5, 0.6) is 0 Å². The predicted octanol–water partition coefficient (Wildman–Crippen LogP) is 3.39. The molecule has 0 aliphatic carbocycles. The van der Waals surface area contributed by atoms with Crippen LogP contribution in [-0.4, -0.2) is 33.0 Å². The minimum atomic E-state index is -0.209. The summed E-state index contributed by atoms with van der Waals surface area (Å²) in [6.07, 6.45) is 4.06. The van der Waals surface area contributed by atoms with E-state index in [4.69, 9.17) is 4.98 Å². The Morgan fingerprint density at radius 1 is 1.26 bits per heavy atom. The van der Waals surface area contributed by atoms with Gasteiger partial charge in [0.15, 0.2) is 5.65 Å². The zero-order valence-electron chi connectivity index (χ0n) is 13.1. The van der Waals surface area contributed by atoms with E-state index >= 15 is 0 Å². The van der Waals surface area contributed by atoms with E-state index in [2.05, 4.69) is 21.5 Å². The number of rotatable bonds is 3. The van der Waals surface area contributed by atoms with Crippen LogP contribution in [0.25, 0.3) is 11.2 Å². The highest BCUT2D eigenvalue weighted by molar-refractivity contribution is 5.71. The van der Waals surface area contributed by atoms with Crippen molar-refractivity contribution in [2.24, 2.45) is 0 Å². The smallest absolute Gasteiger partial charge is 0.160 e. The van der Waals surface area contributed by atoms with E-state index in [0.717, 1.165) is 35.5 Å². The SMILES string of the molecule is CN1CCCC1c1nc2cccnc2n1Cc1cccc(F)c1. The highest BCUT2D eigenvalue weighted by Crippen LogP contribution is 2.32. The van der Waals surface area contributed by atoms with Gasteiger partial charge in [0.2, 0.25) is 0 Å². The molecule has 2 aromatic heterocycles. The van der Waals surface area contributed by atoms with Crippen molar-refractivity contribution in [3.8, 4) is 0 Å². The molecule has 1 atom stereocenters. The Labute approximate surface area is 134 Å². The molecule has 3 aromatic rings. The zero-order valence-corrected chi connectivity index (χ0v) is 13.1. The van der Waals surface area contributed by atoms with Gasteiger partial charge in [-0.25, -0.2) is 14.4 Å². The fourth-order valence-electron chi connectivity index (χ4n) is 3.44. The molecule has 0 bridgehead atoms. The Kier molecular flexibility index (Phi) is 3.58. The summed E-state index contributed by atoms with van der Waals surface area (Å²) in [5.74, 6) is 0.822. The quantitative estimate of drug-likeness (QED) is 0.743. The Morgan fingerprint density at radius 2 is 2.17 bits per heavy atom. The van der Waals surface area contributed by atoms with Gasteiger partial charge in [0.05, 0.1) is 12.6 Å². The van der Waals surface area contributed by atoms with Crippen LogP contribution < -0.4 is 0 Å². The number of imidazole rings is 1. The molecule has 1 aliphatic heterocycles. The van der Waals surface area contributed by atoms with Gasteiger partial charge in [0.25, 0.3) is 0 Å². The first-order valence-corrected chi connectivity index (χ1v) is 7.98. The van der Waals surface area contributed by atoms with Crippen LogP contribution in [0.2, 0.25) is 0 Å². The molecule has 1 aromatic carbocycles. The molecule has 118 valence electrons. The fraction of sp³-hybridized carbons (Fsp3) is 0.333. The lowest BCUT2D eigenvalue weighted by Gasteiger charge is -2.20. The average molecular weight is 310 g/mol. The summed E-state index contributed by atoms with van der Waals surface area (Å²) in [7, 11) is 2.14. The number of halogens is 1. The number of benzene rings is 1. The first kappa shape index (κ1) is 14.3. The Hall–Kier alpha value is -2.27. The van der Waals surface area contributed by atoms with E-state index < -0.39 is 0 Å². The summed E-state index contributed by atoms with van der Waals surface area (Å²) in [5, 5.41) is 0. The van der Waals surface area contributed by atoms with E-state index in [1.54, 1.807) is 18.3 Å². The number of fused-ring (bicyclic) bond motifs is 1. The van der Waals surface area contributed by atoms with Crippen molar-refractivity contribution >= 4 is 11.2 Å². The van der Waals surface area contributed by atoms with Crippen LogP contribution >= 0.6 is 0 Å². The molecule has 3 heterocycles.